The van der Waals surface area contributed by atoms with Crippen molar-refractivity contribution >= 4 is 7.60 Å². The molecule has 2 heterocycles. The Balaban J connectivity index is 2.12. The smallest absolute Gasteiger partial charge is 0.336 e. The summed E-state index contributed by atoms with van der Waals surface area (Å²) in [4.78, 5) is 0. The van der Waals surface area contributed by atoms with Gasteiger partial charge in [-0.2, -0.15) is 5.10 Å². The van der Waals surface area contributed by atoms with Crippen LogP contribution in [-0.2, 0) is 24.5 Å². The summed E-state index contributed by atoms with van der Waals surface area (Å²) < 4.78 is 30.8. The fourth-order valence-corrected chi connectivity index (χ4v) is 4.05. The molecular weight excluding hydrogens is 279 g/mol. The van der Waals surface area contributed by atoms with Gasteiger partial charge in [0, 0.05) is 12.8 Å². The summed E-state index contributed by atoms with van der Waals surface area (Å²) in [5.74, 6) is 0. The van der Waals surface area contributed by atoms with Gasteiger partial charge in [-0.3, -0.25) is 4.57 Å². The molecule has 0 aliphatic carbocycles. The highest BCUT2D eigenvalue weighted by Gasteiger charge is 2.28. The van der Waals surface area contributed by atoms with Crippen LogP contribution in [0.25, 0.3) is 0 Å². The number of hydrogen-bond donors (Lipinski definition) is 0. The molecule has 114 valence electrons. The van der Waals surface area contributed by atoms with E-state index in [-0.39, 0.29) is 12.4 Å². The van der Waals surface area contributed by atoms with Gasteiger partial charge in [-0.05, 0) is 39.2 Å². The van der Waals surface area contributed by atoms with Crippen molar-refractivity contribution in [1.29, 1.82) is 0 Å². The second-order valence-corrected chi connectivity index (χ2v) is 6.75. The highest BCUT2D eigenvalue weighted by molar-refractivity contribution is 7.53. The van der Waals surface area contributed by atoms with Crippen LogP contribution in [0.4, 0.5) is 0 Å². The van der Waals surface area contributed by atoms with Gasteiger partial charge >= 0.3 is 7.60 Å². The monoisotopic (exact) mass is 302 g/mol. The van der Waals surface area contributed by atoms with E-state index in [1.807, 2.05) is 24.6 Å². The predicted molar refractivity (Wildman–Crippen MR) is 75.6 cm³/mol. The first-order chi connectivity index (χ1) is 9.68. The van der Waals surface area contributed by atoms with Gasteiger partial charge in [0.2, 0.25) is 0 Å². The first-order valence-corrected chi connectivity index (χ1v) is 8.93. The number of aromatic nitrogens is 2. The first kappa shape index (κ1) is 15.7. The fourth-order valence-electron chi connectivity index (χ4n) is 2.36. The van der Waals surface area contributed by atoms with Crippen molar-refractivity contribution in [3.05, 3.63) is 18.0 Å². The van der Waals surface area contributed by atoms with E-state index >= 15 is 0 Å². The molecule has 0 saturated carbocycles. The molecule has 1 saturated heterocycles. The first-order valence-electron chi connectivity index (χ1n) is 7.20. The second kappa shape index (κ2) is 7.36. The summed E-state index contributed by atoms with van der Waals surface area (Å²) in [5.41, 5.74) is 0.835. The summed E-state index contributed by atoms with van der Waals surface area (Å²) in [7, 11) is -3.10. The van der Waals surface area contributed by atoms with Gasteiger partial charge in [-0.25, -0.2) is 4.68 Å². The minimum Gasteiger partial charge on any atom is -0.357 e. The Morgan fingerprint density at radius 2 is 2.15 bits per heavy atom. The minimum atomic E-state index is -3.10. The van der Waals surface area contributed by atoms with Crippen LogP contribution >= 0.6 is 7.60 Å². The van der Waals surface area contributed by atoms with Gasteiger partial charge in [-0.1, -0.05) is 0 Å². The van der Waals surface area contributed by atoms with Crippen molar-refractivity contribution in [2.45, 2.75) is 45.5 Å². The lowest BCUT2D eigenvalue weighted by atomic mass is 10.2. The molecule has 1 fully saturated rings. The predicted octanol–water partition coefficient (Wildman–Crippen LogP) is 3.35. The van der Waals surface area contributed by atoms with E-state index in [1.165, 1.54) is 0 Å². The Morgan fingerprint density at radius 3 is 2.75 bits per heavy atom. The average Bonchev–Trinajstić information content (AvgIpc) is 2.88. The lowest BCUT2D eigenvalue weighted by Crippen LogP contribution is -2.21. The molecule has 0 amide bonds. The van der Waals surface area contributed by atoms with Gasteiger partial charge < -0.3 is 13.8 Å². The molecule has 1 aromatic heterocycles. The zero-order valence-electron chi connectivity index (χ0n) is 12.2. The van der Waals surface area contributed by atoms with Crippen LogP contribution in [0.15, 0.2) is 12.3 Å². The maximum absolute atomic E-state index is 12.6. The van der Waals surface area contributed by atoms with Crippen molar-refractivity contribution in [1.82, 2.24) is 9.78 Å². The molecule has 1 aromatic rings. The number of rotatable bonds is 7. The second-order valence-electron chi connectivity index (χ2n) is 4.69. The van der Waals surface area contributed by atoms with Crippen LogP contribution in [0.3, 0.4) is 0 Å². The molecule has 1 atom stereocenters. The molecule has 20 heavy (non-hydrogen) atoms. The van der Waals surface area contributed by atoms with E-state index in [4.69, 9.17) is 13.8 Å². The number of ether oxygens (including phenoxy) is 1. The third-order valence-corrected chi connectivity index (χ3v) is 5.20. The molecule has 1 unspecified atom stereocenters. The minimum absolute atomic E-state index is 0.0644. The maximum atomic E-state index is 12.6. The molecule has 0 bridgehead atoms. The highest BCUT2D eigenvalue weighted by atomic mass is 31.2. The molecule has 0 aromatic carbocycles. The van der Waals surface area contributed by atoms with Crippen LogP contribution in [0.2, 0.25) is 0 Å². The van der Waals surface area contributed by atoms with E-state index < -0.39 is 7.60 Å². The molecule has 0 radical (unpaired) electrons. The third kappa shape index (κ3) is 3.92. The molecular formula is C13H23N2O4P. The topological polar surface area (TPSA) is 62.6 Å². The molecule has 1 aliphatic heterocycles. The van der Waals surface area contributed by atoms with Crippen LogP contribution in [0.5, 0.6) is 0 Å². The van der Waals surface area contributed by atoms with Crippen LogP contribution in [-0.4, -0.2) is 29.6 Å². The zero-order valence-corrected chi connectivity index (χ0v) is 13.1. The highest BCUT2D eigenvalue weighted by Crippen LogP contribution is 2.51. The summed E-state index contributed by atoms with van der Waals surface area (Å²) >= 11 is 0. The Kier molecular flexibility index (Phi) is 5.78. The average molecular weight is 302 g/mol. The lowest BCUT2D eigenvalue weighted by molar-refractivity contribution is -0.0408. The maximum Gasteiger partial charge on any atom is 0.336 e. The largest absolute Gasteiger partial charge is 0.357 e. The van der Waals surface area contributed by atoms with E-state index in [9.17, 15) is 4.57 Å². The molecule has 0 spiro atoms. The van der Waals surface area contributed by atoms with E-state index in [0.717, 1.165) is 31.6 Å². The Bertz CT molecular complexity index is 447. The molecule has 1 aliphatic rings. The lowest BCUT2D eigenvalue weighted by Gasteiger charge is -2.25. The number of hydrogen-bond acceptors (Lipinski definition) is 5. The summed E-state index contributed by atoms with van der Waals surface area (Å²) in [6.07, 6.45) is 5.01. The SMILES string of the molecule is CCOP(=O)(Cc1ccnn1C1CCCCO1)OCC. The Labute approximate surface area is 119 Å². The summed E-state index contributed by atoms with van der Waals surface area (Å²) in [6.45, 7) is 5.11. The van der Waals surface area contributed by atoms with Crippen LogP contribution in [0, 0.1) is 0 Å². The fraction of sp³-hybridized carbons (Fsp3) is 0.769. The van der Waals surface area contributed by atoms with Crippen LogP contribution < -0.4 is 0 Å². The quantitative estimate of drug-likeness (QED) is 0.723. The standard InChI is InChI=1S/C13H23N2O4P/c1-3-18-20(16,19-4-2)11-12-8-9-14-15(12)13-7-5-6-10-17-13/h8-9,13H,3-7,10-11H2,1-2H3. The zero-order chi connectivity index (χ0) is 14.4. The Morgan fingerprint density at radius 1 is 1.40 bits per heavy atom. The Hall–Kier alpha value is -0.680. The van der Waals surface area contributed by atoms with E-state index in [2.05, 4.69) is 5.10 Å². The third-order valence-electron chi connectivity index (χ3n) is 3.19. The summed E-state index contributed by atoms with van der Waals surface area (Å²) in [5, 5.41) is 4.30. The van der Waals surface area contributed by atoms with E-state index in [0.29, 0.717) is 13.2 Å². The van der Waals surface area contributed by atoms with E-state index in [1.54, 1.807) is 6.20 Å². The normalized spacial score (nSPS) is 20.2. The van der Waals surface area contributed by atoms with Gasteiger partial charge in [-0.15, -0.1) is 0 Å². The molecule has 7 heteroatoms. The van der Waals surface area contributed by atoms with Crippen LogP contribution in [0.1, 0.15) is 45.0 Å². The number of nitrogens with zero attached hydrogens (tertiary/aromatic N) is 2. The van der Waals surface area contributed by atoms with Crippen molar-refractivity contribution in [2.75, 3.05) is 19.8 Å². The van der Waals surface area contributed by atoms with Crippen molar-refractivity contribution in [2.24, 2.45) is 0 Å². The van der Waals surface area contributed by atoms with Crippen molar-refractivity contribution in [3.63, 3.8) is 0 Å². The van der Waals surface area contributed by atoms with Gasteiger partial charge in [0.1, 0.15) is 6.23 Å². The van der Waals surface area contributed by atoms with Gasteiger partial charge in [0.05, 0.1) is 25.1 Å². The van der Waals surface area contributed by atoms with Gasteiger partial charge in [0.25, 0.3) is 0 Å². The summed E-state index contributed by atoms with van der Waals surface area (Å²) in [6, 6.07) is 1.85. The van der Waals surface area contributed by atoms with Crippen molar-refractivity contribution in [3.8, 4) is 0 Å². The molecule has 0 N–H and O–H groups in total. The molecule has 2 rings (SSSR count). The molecule has 6 nitrogen and oxygen atoms in total. The van der Waals surface area contributed by atoms with Gasteiger partial charge in [0.15, 0.2) is 0 Å². The van der Waals surface area contributed by atoms with Crippen molar-refractivity contribution < 1.29 is 18.3 Å².